The highest BCUT2D eigenvalue weighted by atomic mass is 16.7. The van der Waals surface area contributed by atoms with Crippen molar-refractivity contribution in [2.24, 2.45) is 46.3 Å². The largest absolute Gasteiger partial charge is 0.298 e. The Labute approximate surface area is 212 Å². The lowest BCUT2D eigenvalue weighted by molar-refractivity contribution is -0.0803. The second kappa shape index (κ2) is 11.4. The van der Waals surface area contributed by atoms with Crippen LogP contribution in [0.1, 0.15) is 131 Å². The quantitative estimate of drug-likeness (QED) is 0.184. The van der Waals surface area contributed by atoms with Crippen molar-refractivity contribution in [3.05, 3.63) is 11.6 Å². The Balaban J connectivity index is 1.37. The fourth-order valence-electron chi connectivity index (χ4n) is 9.38. The molecule has 4 aliphatic carbocycles. The van der Waals surface area contributed by atoms with Crippen molar-refractivity contribution < 1.29 is 4.84 Å². The van der Waals surface area contributed by atoms with Crippen LogP contribution in [0.4, 0.5) is 0 Å². The van der Waals surface area contributed by atoms with Gasteiger partial charge in [0.1, 0.15) is 0 Å². The Hall–Kier alpha value is -0.340. The summed E-state index contributed by atoms with van der Waals surface area (Å²) in [6.45, 7) is 16.0. The number of hydroxylamine groups is 1. The van der Waals surface area contributed by atoms with E-state index in [1.807, 2.05) is 0 Å². The lowest BCUT2D eigenvalue weighted by Crippen LogP contribution is -2.51. The van der Waals surface area contributed by atoms with Crippen molar-refractivity contribution in [3.8, 4) is 0 Å². The zero-order valence-corrected chi connectivity index (χ0v) is 23.6. The number of allylic oxidation sites excluding steroid dienone is 1. The van der Waals surface area contributed by atoms with Crippen LogP contribution in [0.5, 0.6) is 0 Å². The lowest BCUT2D eigenvalue weighted by atomic mass is 9.47. The van der Waals surface area contributed by atoms with Crippen LogP contribution in [-0.4, -0.2) is 12.6 Å². The van der Waals surface area contributed by atoms with Gasteiger partial charge in [-0.15, -0.1) is 0 Å². The number of rotatable bonds is 11. The minimum atomic E-state index is 0.383. The third-order valence-corrected chi connectivity index (χ3v) is 11.4. The molecule has 196 valence electrons. The van der Waals surface area contributed by atoms with Gasteiger partial charge in [-0.05, 0) is 104 Å². The molecule has 0 aromatic rings. The lowest BCUT2D eigenvalue weighted by Gasteiger charge is -2.58. The molecule has 1 N–H and O–H groups in total. The van der Waals surface area contributed by atoms with E-state index in [2.05, 4.69) is 53.1 Å². The first-order valence-corrected chi connectivity index (χ1v) is 15.4. The molecule has 2 nitrogen and oxygen atoms in total. The second-order valence-corrected chi connectivity index (χ2v) is 13.9. The minimum Gasteiger partial charge on any atom is -0.298 e. The average molecular weight is 472 g/mol. The summed E-state index contributed by atoms with van der Waals surface area (Å²) < 4.78 is 0. The summed E-state index contributed by atoms with van der Waals surface area (Å²) in [7, 11) is 0. The maximum atomic E-state index is 6.14. The molecular weight excluding hydrogens is 414 g/mol. The molecule has 0 spiro atoms. The molecule has 4 aliphatic rings. The Morgan fingerprint density at radius 2 is 1.79 bits per heavy atom. The molecule has 0 bridgehead atoms. The number of fused-ring (bicyclic) bond motifs is 5. The zero-order chi connectivity index (χ0) is 24.3. The van der Waals surface area contributed by atoms with Gasteiger partial charge in [-0.2, -0.15) is 0 Å². The van der Waals surface area contributed by atoms with E-state index >= 15 is 0 Å². The van der Waals surface area contributed by atoms with E-state index in [1.54, 1.807) is 5.57 Å². The van der Waals surface area contributed by atoms with Gasteiger partial charge in [0.05, 0.1) is 6.10 Å². The Morgan fingerprint density at radius 1 is 0.971 bits per heavy atom. The van der Waals surface area contributed by atoms with Crippen LogP contribution in [0.2, 0.25) is 0 Å². The van der Waals surface area contributed by atoms with Crippen LogP contribution in [0.3, 0.4) is 0 Å². The molecule has 8 atom stereocenters. The summed E-state index contributed by atoms with van der Waals surface area (Å²) in [5, 5.41) is 0. The van der Waals surface area contributed by atoms with Crippen molar-refractivity contribution in [3.63, 3.8) is 0 Å². The van der Waals surface area contributed by atoms with Gasteiger partial charge in [-0.1, -0.05) is 85.3 Å². The van der Waals surface area contributed by atoms with Gasteiger partial charge in [-0.25, -0.2) is 5.48 Å². The number of nitrogens with one attached hydrogen (secondary N) is 1. The van der Waals surface area contributed by atoms with Crippen molar-refractivity contribution in [2.45, 2.75) is 138 Å². The van der Waals surface area contributed by atoms with Crippen LogP contribution in [0.25, 0.3) is 0 Å². The van der Waals surface area contributed by atoms with E-state index in [4.69, 9.17) is 4.84 Å². The Kier molecular flexibility index (Phi) is 8.93. The van der Waals surface area contributed by atoms with Crippen molar-refractivity contribution in [1.29, 1.82) is 0 Å². The molecule has 0 amide bonds. The molecule has 0 radical (unpaired) electrons. The van der Waals surface area contributed by atoms with Crippen LogP contribution in [0.15, 0.2) is 11.6 Å². The highest BCUT2D eigenvalue weighted by Gasteiger charge is 2.59. The first-order valence-electron chi connectivity index (χ1n) is 15.4. The average Bonchev–Trinajstić information content (AvgIpc) is 3.16. The Morgan fingerprint density at radius 3 is 2.56 bits per heavy atom. The maximum absolute atomic E-state index is 6.14. The molecular formula is C32H57NO. The fourth-order valence-corrected chi connectivity index (χ4v) is 9.38. The van der Waals surface area contributed by atoms with E-state index in [1.165, 1.54) is 83.5 Å². The van der Waals surface area contributed by atoms with Gasteiger partial charge in [-0.3, -0.25) is 4.84 Å². The number of hydrogen-bond acceptors (Lipinski definition) is 2. The predicted octanol–water partition coefficient (Wildman–Crippen LogP) is 9.11. The summed E-state index contributed by atoms with van der Waals surface area (Å²) in [6.07, 6.45) is 22.2. The smallest absolute Gasteiger partial charge is 0.0827 e. The topological polar surface area (TPSA) is 21.3 Å². The predicted molar refractivity (Wildman–Crippen MR) is 145 cm³/mol. The molecule has 0 saturated heterocycles. The molecule has 0 heterocycles. The van der Waals surface area contributed by atoms with Crippen molar-refractivity contribution in [1.82, 2.24) is 5.48 Å². The SMILES string of the molecule is CCCCCNO[C@H]1CC[C@@]2(C)C(=CC[C@H]3[C@@H]4CC[C@H]([C@H](C)CCCC(C)C)[C@@]4(C)CC[C@@H]32)C1. The molecule has 0 unspecified atom stereocenters. The van der Waals surface area contributed by atoms with Gasteiger partial charge >= 0.3 is 0 Å². The first kappa shape index (κ1) is 26.7. The summed E-state index contributed by atoms with van der Waals surface area (Å²) in [4.78, 5) is 6.14. The van der Waals surface area contributed by atoms with Gasteiger partial charge in [0.15, 0.2) is 0 Å². The molecule has 0 aromatic heterocycles. The van der Waals surface area contributed by atoms with E-state index in [-0.39, 0.29) is 0 Å². The molecule has 4 rings (SSSR count). The molecule has 0 aliphatic heterocycles. The molecule has 0 aromatic carbocycles. The minimum absolute atomic E-state index is 0.383. The second-order valence-electron chi connectivity index (χ2n) is 13.9. The standard InChI is InChI=1S/C32H57NO/c1-7-8-9-21-33-34-26-17-19-31(5)25(22-26)13-14-27-29-16-15-28(24(4)12-10-11-23(2)3)32(29,6)20-18-30(27)31/h13,23-24,26-30,33H,7-12,14-22H2,1-6H3/t24-,26+,27+,28-,29+,30+,31+,32-/m1/s1. The van der Waals surface area contributed by atoms with Crippen LogP contribution >= 0.6 is 0 Å². The molecule has 3 saturated carbocycles. The van der Waals surface area contributed by atoms with Crippen LogP contribution in [0, 0.1) is 46.3 Å². The van der Waals surface area contributed by atoms with Crippen LogP contribution in [-0.2, 0) is 4.84 Å². The Bertz CT molecular complexity index is 684. The number of hydrogen-bond donors (Lipinski definition) is 1. The van der Waals surface area contributed by atoms with E-state index in [9.17, 15) is 0 Å². The van der Waals surface area contributed by atoms with Crippen molar-refractivity contribution in [2.75, 3.05) is 6.54 Å². The van der Waals surface area contributed by atoms with E-state index in [0.29, 0.717) is 16.9 Å². The summed E-state index contributed by atoms with van der Waals surface area (Å²) in [6, 6.07) is 0. The van der Waals surface area contributed by atoms with Gasteiger partial charge < -0.3 is 0 Å². The maximum Gasteiger partial charge on any atom is 0.0827 e. The van der Waals surface area contributed by atoms with Gasteiger partial charge in [0.2, 0.25) is 0 Å². The third kappa shape index (κ3) is 5.34. The van der Waals surface area contributed by atoms with Gasteiger partial charge in [0.25, 0.3) is 0 Å². The summed E-state index contributed by atoms with van der Waals surface area (Å²) in [5.74, 6) is 5.55. The van der Waals surface area contributed by atoms with Gasteiger partial charge in [0, 0.05) is 6.54 Å². The van der Waals surface area contributed by atoms with Crippen molar-refractivity contribution >= 4 is 0 Å². The fraction of sp³-hybridized carbons (Fsp3) is 0.938. The molecule has 2 heteroatoms. The van der Waals surface area contributed by atoms with E-state index in [0.717, 1.165) is 48.5 Å². The van der Waals surface area contributed by atoms with Crippen LogP contribution < -0.4 is 5.48 Å². The third-order valence-electron chi connectivity index (χ3n) is 11.4. The van der Waals surface area contributed by atoms with E-state index < -0.39 is 0 Å². The normalized spacial score (nSPS) is 40.4. The molecule has 3 fully saturated rings. The zero-order valence-electron chi connectivity index (χ0n) is 23.6. The first-order chi connectivity index (χ1) is 16.3. The monoisotopic (exact) mass is 471 g/mol. The molecule has 34 heavy (non-hydrogen) atoms. The number of unbranched alkanes of at least 4 members (excludes halogenated alkanes) is 2. The highest BCUT2D eigenvalue weighted by Crippen LogP contribution is 2.67. The summed E-state index contributed by atoms with van der Waals surface area (Å²) >= 11 is 0. The highest BCUT2D eigenvalue weighted by molar-refractivity contribution is 5.25. The summed E-state index contributed by atoms with van der Waals surface area (Å²) in [5.41, 5.74) is 6.09.